The molecule has 6 nitrogen and oxygen atoms in total. The van der Waals surface area contributed by atoms with Crippen LogP contribution in [0.1, 0.15) is 31.7 Å². The van der Waals surface area contributed by atoms with Crippen LogP contribution in [0.4, 0.5) is 11.4 Å². The van der Waals surface area contributed by atoms with Crippen LogP contribution >= 0.6 is 0 Å². The molecule has 6 heteroatoms. The van der Waals surface area contributed by atoms with Crippen LogP contribution in [-0.4, -0.2) is 35.6 Å². The lowest BCUT2D eigenvalue weighted by atomic mass is 10.0. The number of hydrogen-bond acceptors (Lipinski definition) is 4. The monoisotopic (exact) mass is 364 g/mol. The molecule has 27 heavy (non-hydrogen) atoms. The van der Waals surface area contributed by atoms with Crippen LogP contribution in [-0.2, 0) is 9.59 Å². The molecule has 140 valence electrons. The fraction of sp³-hybridized carbons (Fsp3) is 0.286. The number of carbonyl (C=O) groups excluding carboxylic acids is 2. The molecule has 1 fully saturated rings. The molecule has 2 aromatic carbocycles. The number of benzene rings is 2. The van der Waals surface area contributed by atoms with Crippen molar-refractivity contribution in [2.24, 2.45) is 5.10 Å². The maximum absolute atomic E-state index is 12.8. The first-order chi connectivity index (χ1) is 13.1. The molecule has 1 aliphatic rings. The third-order valence-corrected chi connectivity index (χ3v) is 4.40. The van der Waals surface area contributed by atoms with Crippen molar-refractivity contribution >= 4 is 29.4 Å². The van der Waals surface area contributed by atoms with E-state index in [0.717, 1.165) is 31.4 Å². The maximum atomic E-state index is 12.8. The number of hydrogen-bond donors (Lipinski definition) is 2. The number of carbonyl (C=O) groups is 2. The van der Waals surface area contributed by atoms with Gasteiger partial charge in [-0.2, -0.15) is 5.10 Å². The van der Waals surface area contributed by atoms with Gasteiger partial charge in [0.15, 0.2) is 0 Å². The minimum atomic E-state index is -0.284. The molecule has 1 atom stereocenters. The van der Waals surface area contributed by atoms with Crippen molar-refractivity contribution in [1.29, 1.82) is 0 Å². The van der Waals surface area contributed by atoms with Crippen LogP contribution in [0.15, 0.2) is 59.7 Å². The van der Waals surface area contributed by atoms with E-state index >= 15 is 0 Å². The van der Waals surface area contributed by atoms with Crippen molar-refractivity contribution < 1.29 is 9.59 Å². The first-order valence-corrected chi connectivity index (χ1v) is 9.16. The van der Waals surface area contributed by atoms with Crippen molar-refractivity contribution in [1.82, 2.24) is 5.01 Å². The van der Waals surface area contributed by atoms with Gasteiger partial charge >= 0.3 is 0 Å². The molecule has 0 aromatic heterocycles. The Morgan fingerprint density at radius 2 is 1.67 bits per heavy atom. The highest BCUT2D eigenvalue weighted by Gasteiger charge is 2.27. The van der Waals surface area contributed by atoms with Gasteiger partial charge in [0.25, 0.3) is 0 Å². The van der Waals surface area contributed by atoms with Gasteiger partial charge in [-0.25, -0.2) is 0 Å². The molecule has 3 rings (SSSR count). The average molecular weight is 364 g/mol. The van der Waals surface area contributed by atoms with Gasteiger partial charge in [0.2, 0.25) is 11.8 Å². The van der Waals surface area contributed by atoms with Gasteiger partial charge in [-0.3, -0.25) is 14.6 Å². The predicted molar refractivity (Wildman–Crippen MR) is 108 cm³/mol. The zero-order valence-corrected chi connectivity index (χ0v) is 15.4. The summed E-state index contributed by atoms with van der Waals surface area (Å²) in [5.74, 6) is -0.187. The Labute approximate surface area is 159 Å². The molecule has 1 heterocycles. The number of rotatable bonds is 5. The van der Waals surface area contributed by atoms with Gasteiger partial charge in [-0.05, 0) is 49.1 Å². The molecule has 0 spiro atoms. The van der Waals surface area contributed by atoms with E-state index in [-0.39, 0.29) is 17.9 Å². The summed E-state index contributed by atoms with van der Waals surface area (Å²) in [5, 5.41) is 12.1. The van der Waals surface area contributed by atoms with Crippen molar-refractivity contribution in [3.05, 3.63) is 60.2 Å². The summed E-state index contributed by atoms with van der Waals surface area (Å²) >= 11 is 0. The number of piperidine rings is 1. The summed E-state index contributed by atoms with van der Waals surface area (Å²) in [5.41, 5.74) is 2.41. The number of amides is 2. The molecular weight excluding hydrogens is 340 g/mol. The molecule has 1 unspecified atom stereocenters. The van der Waals surface area contributed by atoms with Crippen LogP contribution in [0.2, 0.25) is 0 Å². The summed E-state index contributed by atoms with van der Waals surface area (Å²) in [6, 6.07) is 16.7. The Morgan fingerprint density at radius 1 is 1.00 bits per heavy atom. The molecule has 0 saturated carbocycles. The van der Waals surface area contributed by atoms with Gasteiger partial charge in [0.05, 0.1) is 6.21 Å². The van der Waals surface area contributed by atoms with Gasteiger partial charge in [0.1, 0.15) is 6.04 Å². The van der Waals surface area contributed by atoms with E-state index in [1.165, 1.54) is 6.92 Å². The minimum Gasteiger partial charge on any atom is -0.326 e. The van der Waals surface area contributed by atoms with Gasteiger partial charge in [0, 0.05) is 24.8 Å². The quantitative estimate of drug-likeness (QED) is 0.798. The highest BCUT2D eigenvalue weighted by Crippen LogP contribution is 2.20. The van der Waals surface area contributed by atoms with Gasteiger partial charge in [-0.1, -0.05) is 30.3 Å². The lowest BCUT2D eigenvalue weighted by Crippen LogP contribution is -2.44. The highest BCUT2D eigenvalue weighted by atomic mass is 16.2. The first-order valence-electron chi connectivity index (χ1n) is 9.16. The molecule has 0 aliphatic carbocycles. The normalized spacial score (nSPS) is 16.9. The maximum Gasteiger partial charge on any atom is 0.248 e. The third-order valence-electron chi connectivity index (χ3n) is 4.40. The lowest BCUT2D eigenvalue weighted by Gasteiger charge is -2.32. The Bertz CT molecular complexity index is 803. The summed E-state index contributed by atoms with van der Waals surface area (Å²) in [4.78, 5) is 23.8. The molecule has 0 radical (unpaired) electrons. The van der Waals surface area contributed by atoms with E-state index in [0.29, 0.717) is 11.4 Å². The highest BCUT2D eigenvalue weighted by molar-refractivity contribution is 5.95. The largest absolute Gasteiger partial charge is 0.326 e. The third kappa shape index (κ3) is 5.41. The van der Waals surface area contributed by atoms with Crippen molar-refractivity contribution in [3.8, 4) is 0 Å². The Morgan fingerprint density at radius 3 is 2.33 bits per heavy atom. The summed E-state index contributed by atoms with van der Waals surface area (Å²) < 4.78 is 0. The summed E-state index contributed by atoms with van der Waals surface area (Å²) in [6.45, 7) is 2.23. The topological polar surface area (TPSA) is 73.8 Å². The number of hydrazone groups is 1. The standard InChI is InChI=1S/C21H24N4O2/c1-16(26)23-18-10-12-19(13-11-18)24-21(27)20-9-5-6-14-25(20)22-15-17-7-3-2-4-8-17/h2-4,7-8,10-13,15,20H,5-6,9,14H2,1H3,(H,23,26)(H,24,27)/b22-15+. The fourth-order valence-corrected chi connectivity index (χ4v) is 3.07. The molecule has 2 N–H and O–H groups in total. The SMILES string of the molecule is CC(=O)Nc1ccc(NC(=O)C2CCCCN2/N=C/c2ccccc2)cc1. The summed E-state index contributed by atoms with van der Waals surface area (Å²) in [6.07, 6.45) is 4.62. The van der Waals surface area contributed by atoms with Gasteiger partial charge in [-0.15, -0.1) is 0 Å². The minimum absolute atomic E-state index is 0.0628. The second kappa shape index (κ2) is 8.98. The van der Waals surface area contributed by atoms with Crippen molar-refractivity contribution in [3.63, 3.8) is 0 Å². The summed E-state index contributed by atoms with van der Waals surface area (Å²) in [7, 11) is 0. The molecule has 0 bridgehead atoms. The van der Waals surface area contributed by atoms with Crippen LogP contribution in [0, 0.1) is 0 Å². The Hall–Kier alpha value is -3.15. The zero-order chi connectivity index (χ0) is 19.1. The van der Waals surface area contributed by atoms with Crippen LogP contribution in [0.5, 0.6) is 0 Å². The van der Waals surface area contributed by atoms with E-state index in [4.69, 9.17) is 0 Å². The lowest BCUT2D eigenvalue weighted by molar-refractivity contribution is -0.122. The number of anilines is 2. The second-order valence-corrected chi connectivity index (χ2v) is 6.58. The Kier molecular flexibility index (Phi) is 6.20. The molecule has 2 amide bonds. The predicted octanol–water partition coefficient (Wildman–Crippen LogP) is 3.47. The van der Waals surface area contributed by atoms with E-state index in [1.54, 1.807) is 30.5 Å². The molecule has 1 aliphatic heterocycles. The second-order valence-electron chi connectivity index (χ2n) is 6.58. The van der Waals surface area contributed by atoms with E-state index < -0.39 is 0 Å². The van der Waals surface area contributed by atoms with Crippen molar-refractivity contribution in [2.45, 2.75) is 32.2 Å². The fourth-order valence-electron chi connectivity index (χ4n) is 3.07. The van der Waals surface area contributed by atoms with E-state index in [2.05, 4.69) is 15.7 Å². The number of nitrogens with one attached hydrogen (secondary N) is 2. The molecule has 1 saturated heterocycles. The van der Waals surface area contributed by atoms with Crippen LogP contribution in [0.25, 0.3) is 0 Å². The van der Waals surface area contributed by atoms with Crippen LogP contribution < -0.4 is 10.6 Å². The van der Waals surface area contributed by atoms with Gasteiger partial charge < -0.3 is 10.6 Å². The molecular formula is C21H24N4O2. The van der Waals surface area contributed by atoms with Crippen molar-refractivity contribution in [2.75, 3.05) is 17.2 Å². The smallest absolute Gasteiger partial charge is 0.248 e. The average Bonchev–Trinajstić information content (AvgIpc) is 2.68. The first kappa shape index (κ1) is 18.6. The Balaban J connectivity index is 1.64. The van der Waals surface area contributed by atoms with E-state index in [1.807, 2.05) is 35.3 Å². The molecule has 2 aromatic rings. The zero-order valence-electron chi connectivity index (χ0n) is 15.4. The van der Waals surface area contributed by atoms with E-state index in [9.17, 15) is 9.59 Å². The number of nitrogens with zero attached hydrogens (tertiary/aromatic N) is 2. The van der Waals surface area contributed by atoms with Crippen LogP contribution in [0.3, 0.4) is 0 Å².